The number of rotatable bonds is 2. The van der Waals surface area contributed by atoms with Crippen LogP contribution >= 0.6 is 11.6 Å². The van der Waals surface area contributed by atoms with Crippen molar-refractivity contribution in [3.8, 4) is 11.5 Å². The van der Waals surface area contributed by atoms with Crippen LogP contribution in [0, 0.1) is 0 Å². The van der Waals surface area contributed by atoms with E-state index in [1.807, 2.05) is 42.5 Å². The summed E-state index contributed by atoms with van der Waals surface area (Å²) in [4.78, 5) is 0. The molecule has 1 N–H and O–H groups in total. The molecule has 0 saturated carbocycles. The van der Waals surface area contributed by atoms with E-state index in [-0.39, 0.29) is 6.10 Å². The first kappa shape index (κ1) is 13.3. The van der Waals surface area contributed by atoms with Crippen molar-refractivity contribution in [1.82, 2.24) is 0 Å². The first-order valence-electron chi connectivity index (χ1n) is 6.46. The van der Waals surface area contributed by atoms with Gasteiger partial charge in [-0.2, -0.15) is 0 Å². The molecule has 0 fully saturated rings. The van der Waals surface area contributed by atoms with Crippen molar-refractivity contribution in [2.75, 3.05) is 7.11 Å². The van der Waals surface area contributed by atoms with Gasteiger partial charge >= 0.3 is 0 Å². The van der Waals surface area contributed by atoms with Crippen molar-refractivity contribution in [2.24, 2.45) is 0 Å². The van der Waals surface area contributed by atoms with Crippen LogP contribution in [0.1, 0.15) is 29.8 Å². The van der Waals surface area contributed by atoms with Crippen LogP contribution in [-0.4, -0.2) is 12.2 Å². The Hall–Kier alpha value is -1.71. The van der Waals surface area contributed by atoms with Crippen molar-refractivity contribution < 1.29 is 14.6 Å². The zero-order valence-electron chi connectivity index (χ0n) is 11.0. The monoisotopic (exact) mass is 290 g/mol. The molecule has 20 heavy (non-hydrogen) atoms. The Morgan fingerprint density at radius 3 is 2.80 bits per heavy atom. The standard InChI is InChI=1S/C16H15ClO3/c1-19-15-7-6-10(8-12(15)17)16-9-13(18)11-4-2-3-5-14(11)20-16/h2-8,13,16,18H,9H2,1H3/t13-,16?/m1/s1. The molecule has 2 aromatic carbocycles. The number of benzene rings is 2. The lowest BCUT2D eigenvalue weighted by Crippen LogP contribution is -2.18. The summed E-state index contributed by atoms with van der Waals surface area (Å²) in [7, 11) is 1.58. The summed E-state index contributed by atoms with van der Waals surface area (Å²) in [6.45, 7) is 0. The van der Waals surface area contributed by atoms with Crippen molar-refractivity contribution in [2.45, 2.75) is 18.6 Å². The predicted molar refractivity (Wildman–Crippen MR) is 77.4 cm³/mol. The van der Waals surface area contributed by atoms with E-state index in [0.717, 1.165) is 16.9 Å². The summed E-state index contributed by atoms with van der Waals surface area (Å²) in [5.41, 5.74) is 1.77. The third-order valence-electron chi connectivity index (χ3n) is 3.53. The fourth-order valence-electron chi connectivity index (χ4n) is 2.48. The zero-order valence-corrected chi connectivity index (χ0v) is 11.8. The van der Waals surface area contributed by atoms with E-state index in [0.29, 0.717) is 17.2 Å². The minimum Gasteiger partial charge on any atom is -0.495 e. The SMILES string of the molecule is COc1ccc(C2C[C@@H](O)c3ccccc3O2)cc1Cl. The summed E-state index contributed by atoms with van der Waals surface area (Å²) in [6, 6.07) is 13.1. The Labute approximate surface area is 122 Å². The normalized spacial score (nSPS) is 20.9. The van der Waals surface area contributed by atoms with Gasteiger partial charge in [0.15, 0.2) is 0 Å². The molecule has 104 valence electrons. The van der Waals surface area contributed by atoms with Gasteiger partial charge in [-0.3, -0.25) is 0 Å². The molecule has 0 spiro atoms. The first-order valence-corrected chi connectivity index (χ1v) is 6.84. The number of hydrogen-bond acceptors (Lipinski definition) is 3. The molecule has 2 atom stereocenters. The number of para-hydroxylation sites is 1. The molecule has 1 heterocycles. The average molecular weight is 291 g/mol. The molecular weight excluding hydrogens is 276 g/mol. The smallest absolute Gasteiger partial charge is 0.137 e. The van der Waals surface area contributed by atoms with Gasteiger partial charge in [-0.05, 0) is 23.8 Å². The molecule has 1 aliphatic rings. The van der Waals surface area contributed by atoms with Crippen LogP contribution in [0.2, 0.25) is 5.02 Å². The molecule has 1 unspecified atom stereocenters. The molecule has 0 radical (unpaired) electrons. The van der Waals surface area contributed by atoms with Gasteiger partial charge in [-0.1, -0.05) is 35.9 Å². The first-order chi connectivity index (χ1) is 9.69. The Bertz CT molecular complexity index is 627. The maximum atomic E-state index is 10.2. The molecule has 0 amide bonds. The lowest BCUT2D eigenvalue weighted by Gasteiger charge is -2.30. The highest BCUT2D eigenvalue weighted by Gasteiger charge is 2.28. The van der Waals surface area contributed by atoms with Crippen LogP contribution in [0.3, 0.4) is 0 Å². The summed E-state index contributed by atoms with van der Waals surface area (Å²) in [6.07, 6.45) is -0.214. The molecule has 1 aliphatic heterocycles. The number of methoxy groups -OCH3 is 1. The van der Waals surface area contributed by atoms with Gasteiger partial charge in [0.1, 0.15) is 17.6 Å². The fourth-order valence-corrected chi connectivity index (χ4v) is 2.75. The van der Waals surface area contributed by atoms with Crippen molar-refractivity contribution in [3.05, 3.63) is 58.6 Å². The fraction of sp³-hybridized carbons (Fsp3) is 0.250. The zero-order chi connectivity index (χ0) is 14.1. The van der Waals surface area contributed by atoms with Crippen LogP contribution in [-0.2, 0) is 0 Å². The van der Waals surface area contributed by atoms with Crippen LogP contribution < -0.4 is 9.47 Å². The molecule has 3 nitrogen and oxygen atoms in total. The highest BCUT2D eigenvalue weighted by Crippen LogP contribution is 2.41. The second kappa shape index (κ2) is 5.35. The molecule has 0 saturated heterocycles. The Morgan fingerprint density at radius 2 is 2.05 bits per heavy atom. The van der Waals surface area contributed by atoms with Gasteiger partial charge in [-0.15, -0.1) is 0 Å². The maximum Gasteiger partial charge on any atom is 0.137 e. The van der Waals surface area contributed by atoms with Gasteiger partial charge in [0.2, 0.25) is 0 Å². The van der Waals surface area contributed by atoms with E-state index in [4.69, 9.17) is 21.1 Å². The number of aliphatic hydroxyl groups is 1. The highest BCUT2D eigenvalue weighted by atomic mass is 35.5. The van der Waals surface area contributed by atoms with E-state index < -0.39 is 6.10 Å². The van der Waals surface area contributed by atoms with Crippen LogP contribution in [0.15, 0.2) is 42.5 Å². The number of halogens is 1. The van der Waals surface area contributed by atoms with E-state index in [1.165, 1.54) is 0 Å². The molecule has 2 aromatic rings. The Morgan fingerprint density at radius 1 is 1.25 bits per heavy atom. The van der Waals surface area contributed by atoms with E-state index in [9.17, 15) is 5.11 Å². The predicted octanol–water partition coefficient (Wildman–Crippen LogP) is 3.91. The number of aliphatic hydroxyl groups excluding tert-OH is 1. The van der Waals surface area contributed by atoms with Gasteiger partial charge in [-0.25, -0.2) is 0 Å². The van der Waals surface area contributed by atoms with Gasteiger partial charge < -0.3 is 14.6 Å². The van der Waals surface area contributed by atoms with Gasteiger partial charge in [0.25, 0.3) is 0 Å². The molecule has 0 aliphatic carbocycles. The molecule has 3 rings (SSSR count). The van der Waals surface area contributed by atoms with Crippen LogP contribution in [0.25, 0.3) is 0 Å². The summed E-state index contributed by atoms with van der Waals surface area (Å²) >= 11 is 6.14. The topological polar surface area (TPSA) is 38.7 Å². The summed E-state index contributed by atoms with van der Waals surface area (Å²) < 4.78 is 11.1. The Kier molecular flexibility index (Phi) is 3.55. The quantitative estimate of drug-likeness (QED) is 0.911. The minimum absolute atomic E-state index is 0.205. The second-order valence-electron chi connectivity index (χ2n) is 4.79. The van der Waals surface area contributed by atoms with E-state index in [2.05, 4.69) is 0 Å². The molecule has 0 bridgehead atoms. The lowest BCUT2D eigenvalue weighted by molar-refractivity contribution is 0.0657. The summed E-state index contributed by atoms with van der Waals surface area (Å²) in [5.74, 6) is 1.36. The minimum atomic E-state index is -0.522. The largest absolute Gasteiger partial charge is 0.495 e. The lowest BCUT2D eigenvalue weighted by atomic mass is 9.95. The van der Waals surface area contributed by atoms with Crippen molar-refractivity contribution in [3.63, 3.8) is 0 Å². The maximum absolute atomic E-state index is 10.2. The summed E-state index contributed by atoms with van der Waals surface area (Å²) in [5, 5.41) is 10.8. The van der Waals surface area contributed by atoms with Crippen molar-refractivity contribution >= 4 is 11.6 Å². The average Bonchev–Trinajstić information content (AvgIpc) is 2.47. The number of hydrogen-bond donors (Lipinski definition) is 1. The van der Waals surface area contributed by atoms with Crippen LogP contribution in [0.4, 0.5) is 0 Å². The number of ether oxygens (including phenoxy) is 2. The Balaban J connectivity index is 1.91. The van der Waals surface area contributed by atoms with Gasteiger partial charge in [0.05, 0.1) is 18.2 Å². The van der Waals surface area contributed by atoms with Gasteiger partial charge in [0, 0.05) is 12.0 Å². The second-order valence-corrected chi connectivity index (χ2v) is 5.20. The van der Waals surface area contributed by atoms with Crippen molar-refractivity contribution in [1.29, 1.82) is 0 Å². The molecule has 0 aromatic heterocycles. The molecular formula is C16H15ClO3. The van der Waals surface area contributed by atoms with E-state index in [1.54, 1.807) is 7.11 Å². The van der Waals surface area contributed by atoms with Crippen LogP contribution in [0.5, 0.6) is 11.5 Å². The number of fused-ring (bicyclic) bond motifs is 1. The van der Waals surface area contributed by atoms with E-state index >= 15 is 0 Å². The highest BCUT2D eigenvalue weighted by molar-refractivity contribution is 6.32. The molecule has 4 heteroatoms. The third-order valence-corrected chi connectivity index (χ3v) is 3.83. The third kappa shape index (κ3) is 2.35.